The van der Waals surface area contributed by atoms with Crippen LogP contribution >= 0.6 is 0 Å². The predicted molar refractivity (Wildman–Crippen MR) is 54.1 cm³/mol. The van der Waals surface area contributed by atoms with E-state index in [9.17, 15) is 0 Å². The standard InChI is InChI=1S/C11H17NO/c1-4-5-9(2)11-8-10(13-3)6-7-12-11/h6-9H,4-5H2,1-3H3. The summed E-state index contributed by atoms with van der Waals surface area (Å²) < 4.78 is 5.14. The Morgan fingerprint density at radius 1 is 1.54 bits per heavy atom. The van der Waals surface area contributed by atoms with Crippen molar-refractivity contribution in [2.45, 2.75) is 32.6 Å². The largest absolute Gasteiger partial charge is 0.497 e. The lowest BCUT2D eigenvalue weighted by Gasteiger charge is -2.09. The van der Waals surface area contributed by atoms with Crippen LogP contribution in [0.1, 0.15) is 38.3 Å². The first-order valence-corrected chi connectivity index (χ1v) is 4.77. The molecular weight excluding hydrogens is 162 g/mol. The van der Waals surface area contributed by atoms with Gasteiger partial charge in [0.25, 0.3) is 0 Å². The monoisotopic (exact) mass is 179 g/mol. The van der Waals surface area contributed by atoms with E-state index < -0.39 is 0 Å². The van der Waals surface area contributed by atoms with Crippen molar-refractivity contribution in [3.63, 3.8) is 0 Å². The Bertz CT molecular complexity index is 260. The van der Waals surface area contributed by atoms with Crippen molar-refractivity contribution in [3.05, 3.63) is 24.0 Å². The molecule has 72 valence electrons. The summed E-state index contributed by atoms with van der Waals surface area (Å²) in [7, 11) is 1.68. The summed E-state index contributed by atoms with van der Waals surface area (Å²) in [6.07, 6.45) is 4.18. The number of aromatic nitrogens is 1. The van der Waals surface area contributed by atoms with Gasteiger partial charge < -0.3 is 4.74 Å². The zero-order chi connectivity index (χ0) is 9.68. The van der Waals surface area contributed by atoms with E-state index in [1.807, 2.05) is 12.1 Å². The molecule has 0 aliphatic heterocycles. The van der Waals surface area contributed by atoms with Crippen LogP contribution in [0, 0.1) is 0 Å². The molecule has 0 saturated heterocycles. The molecular formula is C11H17NO. The third kappa shape index (κ3) is 2.72. The van der Waals surface area contributed by atoms with Gasteiger partial charge in [-0.05, 0) is 18.4 Å². The molecule has 0 spiro atoms. The van der Waals surface area contributed by atoms with Crippen molar-refractivity contribution in [2.75, 3.05) is 7.11 Å². The number of rotatable bonds is 4. The molecule has 2 nitrogen and oxygen atoms in total. The summed E-state index contributed by atoms with van der Waals surface area (Å²) in [4.78, 5) is 4.33. The van der Waals surface area contributed by atoms with Gasteiger partial charge in [-0.1, -0.05) is 20.3 Å². The molecule has 0 aromatic carbocycles. The van der Waals surface area contributed by atoms with E-state index in [0.717, 1.165) is 11.4 Å². The van der Waals surface area contributed by atoms with E-state index >= 15 is 0 Å². The minimum atomic E-state index is 0.528. The Balaban J connectivity index is 2.75. The predicted octanol–water partition coefficient (Wildman–Crippen LogP) is 2.99. The highest BCUT2D eigenvalue weighted by atomic mass is 16.5. The Kier molecular flexibility index (Phi) is 3.74. The molecule has 0 bridgehead atoms. The topological polar surface area (TPSA) is 22.1 Å². The average molecular weight is 179 g/mol. The van der Waals surface area contributed by atoms with Gasteiger partial charge in [0.15, 0.2) is 0 Å². The van der Waals surface area contributed by atoms with Crippen LogP contribution in [0.2, 0.25) is 0 Å². The molecule has 0 amide bonds. The molecule has 0 saturated carbocycles. The summed E-state index contributed by atoms with van der Waals surface area (Å²) in [5.74, 6) is 1.42. The van der Waals surface area contributed by atoms with E-state index in [1.54, 1.807) is 13.3 Å². The average Bonchev–Trinajstić information content (AvgIpc) is 2.18. The maximum absolute atomic E-state index is 5.14. The zero-order valence-electron chi connectivity index (χ0n) is 8.58. The molecule has 1 atom stereocenters. The van der Waals surface area contributed by atoms with Crippen molar-refractivity contribution in [1.82, 2.24) is 4.98 Å². The van der Waals surface area contributed by atoms with Gasteiger partial charge in [0.05, 0.1) is 7.11 Å². The van der Waals surface area contributed by atoms with Crippen molar-refractivity contribution in [2.24, 2.45) is 0 Å². The number of hydrogen-bond donors (Lipinski definition) is 0. The lowest BCUT2D eigenvalue weighted by atomic mass is 10.0. The molecule has 0 fully saturated rings. The molecule has 0 radical (unpaired) electrons. The first-order valence-electron chi connectivity index (χ1n) is 4.77. The second-order valence-electron chi connectivity index (χ2n) is 3.31. The molecule has 1 aromatic rings. The van der Waals surface area contributed by atoms with Gasteiger partial charge >= 0.3 is 0 Å². The minimum absolute atomic E-state index is 0.528. The van der Waals surface area contributed by atoms with E-state index in [4.69, 9.17) is 4.74 Å². The minimum Gasteiger partial charge on any atom is -0.497 e. The first-order chi connectivity index (χ1) is 6.27. The van der Waals surface area contributed by atoms with Gasteiger partial charge in [-0.3, -0.25) is 4.98 Å². The highest BCUT2D eigenvalue weighted by Gasteiger charge is 2.06. The van der Waals surface area contributed by atoms with E-state index in [1.165, 1.54) is 12.8 Å². The SMILES string of the molecule is CCCC(C)c1cc(OC)ccn1. The summed E-state index contributed by atoms with van der Waals surface area (Å²) in [5.41, 5.74) is 1.13. The van der Waals surface area contributed by atoms with Crippen LogP contribution in [0.5, 0.6) is 5.75 Å². The van der Waals surface area contributed by atoms with Crippen LogP contribution in [0.3, 0.4) is 0 Å². The molecule has 0 N–H and O–H groups in total. The Labute approximate surface area is 80.0 Å². The lowest BCUT2D eigenvalue weighted by Crippen LogP contribution is -1.97. The number of nitrogens with zero attached hydrogens (tertiary/aromatic N) is 1. The van der Waals surface area contributed by atoms with Gasteiger partial charge in [-0.2, -0.15) is 0 Å². The van der Waals surface area contributed by atoms with Gasteiger partial charge in [0.1, 0.15) is 5.75 Å². The van der Waals surface area contributed by atoms with Crippen LogP contribution in [0.15, 0.2) is 18.3 Å². The van der Waals surface area contributed by atoms with Crippen LogP contribution in [0.25, 0.3) is 0 Å². The number of ether oxygens (including phenoxy) is 1. The molecule has 1 rings (SSSR count). The van der Waals surface area contributed by atoms with Gasteiger partial charge in [0, 0.05) is 18.0 Å². The fourth-order valence-corrected chi connectivity index (χ4v) is 1.41. The molecule has 1 unspecified atom stereocenters. The van der Waals surface area contributed by atoms with Gasteiger partial charge in [-0.25, -0.2) is 0 Å². The van der Waals surface area contributed by atoms with Crippen LogP contribution in [-0.4, -0.2) is 12.1 Å². The fourth-order valence-electron chi connectivity index (χ4n) is 1.41. The van der Waals surface area contributed by atoms with Crippen LogP contribution in [0.4, 0.5) is 0 Å². The number of hydrogen-bond acceptors (Lipinski definition) is 2. The Hall–Kier alpha value is -1.05. The highest BCUT2D eigenvalue weighted by Crippen LogP contribution is 2.21. The molecule has 0 aliphatic carbocycles. The Morgan fingerprint density at radius 2 is 2.31 bits per heavy atom. The van der Waals surface area contributed by atoms with Crippen LogP contribution in [-0.2, 0) is 0 Å². The maximum Gasteiger partial charge on any atom is 0.122 e. The second-order valence-corrected chi connectivity index (χ2v) is 3.31. The summed E-state index contributed by atoms with van der Waals surface area (Å²) in [6.45, 7) is 4.39. The van der Waals surface area contributed by atoms with Gasteiger partial charge in [-0.15, -0.1) is 0 Å². The molecule has 1 heterocycles. The molecule has 13 heavy (non-hydrogen) atoms. The number of methoxy groups -OCH3 is 1. The maximum atomic E-state index is 5.14. The van der Waals surface area contributed by atoms with Crippen LogP contribution < -0.4 is 4.74 Å². The first kappa shape index (κ1) is 10.0. The van der Waals surface area contributed by atoms with E-state index in [-0.39, 0.29) is 0 Å². The third-order valence-electron chi connectivity index (χ3n) is 2.21. The Morgan fingerprint density at radius 3 is 2.92 bits per heavy atom. The van der Waals surface area contributed by atoms with Crippen molar-refractivity contribution in [3.8, 4) is 5.75 Å². The molecule has 2 heteroatoms. The van der Waals surface area contributed by atoms with E-state index in [0.29, 0.717) is 5.92 Å². The summed E-state index contributed by atoms with van der Waals surface area (Å²) >= 11 is 0. The van der Waals surface area contributed by atoms with E-state index in [2.05, 4.69) is 18.8 Å². The summed E-state index contributed by atoms with van der Waals surface area (Å²) in [6, 6.07) is 3.89. The van der Waals surface area contributed by atoms with Gasteiger partial charge in [0.2, 0.25) is 0 Å². The third-order valence-corrected chi connectivity index (χ3v) is 2.21. The summed E-state index contributed by atoms with van der Waals surface area (Å²) in [5, 5.41) is 0. The van der Waals surface area contributed by atoms with Crippen molar-refractivity contribution in [1.29, 1.82) is 0 Å². The van der Waals surface area contributed by atoms with Crippen molar-refractivity contribution >= 4 is 0 Å². The fraction of sp³-hybridized carbons (Fsp3) is 0.545. The van der Waals surface area contributed by atoms with Crippen molar-refractivity contribution < 1.29 is 4.74 Å². The quantitative estimate of drug-likeness (QED) is 0.708. The molecule has 0 aliphatic rings. The highest BCUT2D eigenvalue weighted by molar-refractivity contribution is 5.24. The molecule has 1 aromatic heterocycles. The normalized spacial score (nSPS) is 12.5. The smallest absolute Gasteiger partial charge is 0.122 e. The number of pyridine rings is 1. The zero-order valence-corrected chi connectivity index (χ0v) is 8.58. The second kappa shape index (κ2) is 4.85. The lowest BCUT2D eigenvalue weighted by molar-refractivity contribution is 0.412.